The second kappa shape index (κ2) is 7.20. The largest absolute Gasteiger partial charge is 0.386 e. The Balaban J connectivity index is 1.95. The van der Waals surface area contributed by atoms with Crippen LogP contribution in [0.2, 0.25) is 5.02 Å². The Kier molecular flexibility index (Phi) is 5.56. The summed E-state index contributed by atoms with van der Waals surface area (Å²) < 4.78 is 19.1. The van der Waals surface area contributed by atoms with E-state index in [0.29, 0.717) is 6.61 Å². The SMILES string of the molecule is C[C@H](NC(=O)C[C@H]1CCCO1)[C@H](O)c1c(F)cccc1Cl. The first kappa shape index (κ1) is 16.2. The van der Waals surface area contributed by atoms with Crippen molar-refractivity contribution in [3.63, 3.8) is 0 Å². The lowest BCUT2D eigenvalue weighted by atomic mass is 10.0. The zero-order chi connectivity index (χ0) is 15.4. The summed E-state index contributed by atoms with van der Waals surface area (Å²) in [5.41, 5.74) is 0.00378. The highest BCUT2D eigenvalue weighted by atomic mass is 35.5. The maximum atomic E-state index is 13.7. The molecule has 4 nitrogen and oxygen atoms in total. The Morgan fingerprint density at radius 2 is 2.38 bits per heavy atom. The van der Waals surface area contributed by atoms with Crippen LogP contribution in [0.25, 0.3) is 0 Å². The number of ether oxygens (including phenoxy) is 1. The molecule has 0 aromatic heterocycles. The fourth-order valence-electron chi connectivity index (χ4n) is 2.45. The number of carbonyl (C=O) groups is 1. The van der Waals surface area contributed by atoms with Crippen molar-refractivity contribution in [3.8, 4) is 0 Å². The van der Waals surface area contributed by atoms with Gasteiger partial charge in [0.05, 0.1) is 18.6 Å². The number of hydrogen-bond donors (Lipinski definition) is 2. The lowest BCUT2D eigenvalue weighted by Gasteiger charge is -2.22. The predicted octanol–water partition coefficient (Wildman–Crippen LogP) is 2.59. The molecule has 1 heterocycles. The van der Waals surface area contributed by atoms with Crippen LogP contribution >= 0.6 is 11.6 Å². The summed E-state index contributed by atoms with van der Waals surface area (Å²) in [6.07, 6.45) is 0.811. The summed E-state index contributed by atoms with van der Waals surface area (Å²) in [5, 5.41) is 13.0. The molecule has 0 unspecified atom stereocenters. The smallest absolute Gasteiger partial charge is 0.222 e. The van der Waals surface area contributed by atoms with Gasteiger partial charge >= 0.3 is 0 Å². The minimum Gasteiger partial charge on any atom is -0.386 e. The Labute approximate surface area is 128 Å². The molecule has 1 saturated heterocycles. The van der Waals surface area contributed by atoms with Crippen LogP contribution in [0.3, 0.4) is 0 Å². The van der Waals surface area contributed by atoms with Gasteiger partial charge in [0.25, 0.3) is 0 Å². The Morgan fingerprint density at radius 1 is 1.62 bits per heavy atom. The zero-order valence-electron chi connectivity index (χ0n) is 11.8. The van der Waals surface area contributed by atoms with E-state index in [1.165, 1.54) is 18.2 Å². The molecule has 6 heteroatoms. The van der Waals surface area contributed by atoms with E-state index < -0.39 is 18.0 Å². The summed E-state index contributed by atoms with van der Waals surface area (Å²) in [6, 6.07) is 3.55. The average Bonchev–Trinajstić information content (AvgIpc) is 2.90. The van der Waals surface area contributed by atoms with E-state index in [4.69, 9.17) is 16.3 Å². The second-order valence-corrected chi connectivity index (χ2v) is 5.68. The third kappa shape index (κ3) is 4.15. The highest BCUT2D eigenvalue weighted by Gasteiger charge is 2.25. The Morgan fingerprint density at radius 3 is 3.00 bits per heavy atom. The van der Waals surface area contributed by atoms with E-state index in [0.717, 1.165) is 12.8 Å². The molecular weight excluding hydrogens is 297 g/mol. The maximum Gasteiger partial charge on any atom is 0.222 e. The van der Waals surface area contributed by atoms with Gasteiger partial charge in [-0.05, 0) is 31.9 Å². The van der Waals surface area contributed by atoms with Crippen molar-refractivity contribution in [2.24, 2.45) is 0 Å². The van der Waals surface area contributed by atoms with Gasteiger partial charge in [0.1, 0.15) is 11.9 Å². The number of amides is 1. The number of benzene rings is 1. The quantitative estimate of drug-likeness (QED) is 0.878. The number of aliphatic hydroxyl groups is 1. The number of hydrogen-bond acceptors (Lipinski definition) is 3. The molecule has 2 rings (SSSR count). The van der Waals surface area contributed by atoms with Crippen molar-refractivity contribution in [1.29, 1.82) is 0 Å². The molecule has 2 N–H and O–H groups in total. The van der Waals surface area contributed by atoms with Crippen LogP contribution in [0.1, 0.15) is 37.9 Å². The van der Waals surface area contributed by atoms with Crippen molar-refractivity contribution in [2.75, 3.05) is 6.61 Å². The van der Waals surface area contributed by atoms with Crippen LogP contribution in [0.5, 0.6) is 0 Å². The van der Waals surface area contributed by atoms with E-state index >= 15 is 0 Å². The predicted molar refractivity (Wildman–Crippen MR) is 77.6 cm³/mol. The van der Waals surface area contributed by atoms with E-state index in [2.05, 4.69) is 5.32 Å². The first-order valence-electron chi connectivity index (χ1n) is 7.02. The minimum absolute atomic E-state index is 0.00378. The molecule has 1 fully saturated rings. The normalized spacial score (nSPS) is 21.0. The molecule has 3 atom stereocenters. The molecule has 1 amide bonds. The van der Waals surface area contributed by atoms with Crippen molar-refractivity contribution in [2.45, 2.75) is 44.4 Å². The van der Waals surface area contributed by atoms with Crippen LogP contribution in [-0.2, 0) is 9.53 Å². The van der Waals surface area contributed by atoms with Crippen molar-refractivity contribution >= 4 is 17.5 Å². The summed E-state index contributed by atoms with van der Waals surface area (Å²) >= 11 is 5.91. The lowest BCUT2D eigenvalue weighted by molar-refractivity contribution is -0.124. The van der Waals surface area contributed by atoms with E-state index in [9.17, 15) is 14.3 Å². The molecule has 0 spiro atoms. The van der Waals surface area contributed by atoms with Crippen LogP contribution in [0.4, 0.5) is 4.39 Å². The number of aliphatic hydroxyl groups excluding tert-OH is 1. The second-order valence-electron chi connectivity index (χ2n) is 5.28. The van der Waals surface area contributed by atoms with Crippen molar-refractivity contribution < 1.29 is 19.0 Å². The van der Waals surface area contributed by atoms with Crippen molar-refractivity contribution in [1.82, 2.24) is 5.32 Å². The molecule has 0 aliphatic carbocycles. The van der Waals surface area contributed by atoms with Gasteiger partial charge in [0, 0.05) is 17.2 Å². The molecule has 21 heavy (non-hydrogen) atoms. The van der Waals surface area contributed by atoms with Gasteiger partial charge in [-0.2, -0.15) is 0 Å². The van der Waals surface area contributed by atoms with E-state index in [1.807, 2.05) is 0 Å². The Bertz CT molecular complexity index is 485. The summed E-state index contributed by atoms with van der Waals surface area (Å²) in [4.78, 5) is 11.9. The molecule has 1 aromatic carbocycles. The molecule has 0 saturated carbocycles. The Hall–Kier alpha value is -1.17. The third-order valence-electron chi connectivity index (χ3n) is 3.59. The number of rotatable bonds is 5. The third-order valence-corrected chi connectivity index (χ3v) is 3.92. The summed E-state index contributed by atoms with van der Waals surface area (Å²) in [6.45, 7) is 2.29. The first-order valence-corrected chi connectivity index (χ1v) is 7.39. The number of halogens is 2. The van der Waals surface area contributed by atoms with Gasteiger partial charge in [-0.1, -0.05) is 17.7 Å². The van der Waals surface area contributed by atoms with Crippen LogP contribution < -0.4 is 5.32 Å². The fraction of sp³-hybridized carbons (Fsp3) is 0.533. The molecule has 0 radical (unpaired) electrons. The van der Waals surface area contributed by atoms with Crippen LogP contribution in [0, 0.1) is 5.82 Å². The fourth-order valence-corrected chi connectivity index (χ4v) is 2.72. The molecule has 1 aliphatic heterocycles. The summed E-state index contributed by atoms with van der Waals surface area (Å²) in [7, 11) is 0. The number of nitrogens with one attached hydrogen (secondary N) is 1. The van der Waals surface area contributed by atoms with Crippen molar-refractivity contribution in [3.05, 3.63) is 34.6 Å². The summed E-state index contributed by atoms with van der Waals surface area (Å²) in [5.74, 6) is -0.809. The molecular formula is C15H19ClFNO3. The first-order chi connectivity index (χ1) is 9.99. The maximum absolute atomic E-state index is 13.7. The minimum atomic E-state index is -1.20. The average molecular weight is 316 g/mol. The highest BCUT2D eigenvalue weighted by Crippen LogP contribution is 2.28. The standard InChI is InChI=1S/C15H19ClFNO3/c1-9(18-13(19)8-10-4-3-7-21-10)15(20)14-11(16)5-2-6-12(14)17/h2,5-6,9-10,15,20H,3-4,7-8H2,1H3,(H,18,19)/t9-,10+,15-/m0/s1. The van der Waals surface area contributed by atoms with Gasteiger partial charge < -0.3 is 15.2 Å². The van der Waals surface area contributed by atoms with Gasteiger partial charge in [0.2, 0.25) is 5.91 Å². The highest BCUT2D eigenvalue weighted by molar-refractivity contribution is 6.31. The van der Waals surface area contributed by atoms with Crippen LogP contribution in [-0.4, -0.2) is 29.8 Å². The lowest BCUT2D eigenvalue weighted by Crippen LogP contribution is -2.38. The molecule has 0 bridgehead atoms. The number of carbonyl (C=O) groups excluding carboxylic acids is 1. The molecule has 1 aliphatic rings. The van der Waals surface area contributed by atoms with Gasteiger partial charge in [-0.3, -0.25) is 4.79 Å². The van der Waals surface area contributed by atoms with Crippen LogP contribution in [0.15, 0.2) is 18.2 Å². The van der Waals surface area contributed by atoms with E-state index in [1.54, 1.807) is 6.92 Å². The zero-order valence-corrected chi connectivity index (χ0v) is 12.6. The van der Waals surface area contributed by atoms with Gasteiger partial charge in [0.15, 0.2) is 0 Å². The van der Waals surface area contributed by atoms with Gasteiger partial charge in [-0.15, -0.1) is 0 Å². The molecule has 116 valence electrons. The topological polar surface area (TPSA) is 58.6 Å². The molecule has 1 aromatic rings. The van der Waals surface area contributed by atoms with E-state index in [-0.39, 0.29) is 29.0 Å². The monoisotopic (exact) mass is 315 g/mol. The van der Waals surface area contributed by atoms with Gasteiger partial charge in [-0.25, -0.2) is 4.39 Å².